The minimum Gasteiger partial charge on any atom is -0.387 e. The first-order valence-electron chi connectivity index (χ1n) is 7.93. The van der Waals surface area contributed by atoms with E-state index in [0.717, 1.165) is 17.0 Å². The molecule has 4 rings (SSSR count). The Morgan fingerprint density at radius 1 is 1.08 bits per heavy atom. The molecule has 1 unspecified atom stereocenters. The van der Waals surface area contributed by atoms with Crippen molar-refractivity contribution in [3.8, 4) is 0 Å². The van der Waals surface area contributed by atoms with Gasteiger partial charge in [-0.25, -0.2) is 0 Å². The second-order valence-corrected chi connectivity index (χ2v) is 5.69. The molecule has 1 atom stereocenters. The predicted octanol–water partition coefficient (Wildman–Crippen LogP) is 2.22. The zero-order valence-electron chi connectivity index (χ0n) is 13.3. The van der Waals surface area contributed by atoms with Gasteiger partial charge in [-0.15, -0.1) is 5.10 Å². The van der Waals surface area contributed by atoms with Crippen molar-refractivity contribution in [1.29, 1.82) is 0 Å². The molecule has 1 amide bonds. The first-order valence-corrected chi connectivity index (χ1v) is 7.93. The van der Waals surface area contributed by atoms with Crippen molar-refractivity contribution < 1.29 is 9.63 Å². The van der Waals surface area contributed by atoms with Gasteiger partial charge in [-0.2, -0.15) is 5.10 Å². The molecule has 7 nitrogen and oxygen atoms in total. The molecule has 0 spiro atoms. The summed E-state index contributed by atoms with van der Waals surface area (Å²) in [4.78, 5) is 22.0. The second kappa shape index (κ2) is 6.64. The molecule has 1 aromatic carbocycles. The van der Waals surface area contributed by atoms with Crippen LogP contribution in [0.2, 0.25) is 0 Å². The highest BCUT2D eigenvalue weighted by atomic mass is 16.6. The number of nitrogens with zero attached hydrogens (tertiary/aromatic N) is 4. The van der Waals surface area contributed by atoms with Gasteiger partial charge in [0, 0.05) is 12.6 Å². The summed E-state index contributed by atoms with van der Waals surface area (Å²) in [5, 5.41) is 14.8. The number of nitrogens with one attached hydrogen (secondary N) is 1. The number of aromatic nitrogens is 1. The molecule has 0 radical (unpaired) electrons. The largest absolute Gasteiger partial charge is 0.387 e. The molecule has 0 bridgehead atoms. The fraction of sp³-hybridized carbons (Fsp3) is 0.167. The van der Waals surface area contributed by atoms with Crippen LogP contribution >= 0.6 is 0 Å². The topological polar surface area (TPSA) is 88.3 Å². The molecule has 0 fully saturated rings. The van der Waals surface area contributed by atoms with Crippen LogP contribution in [0, 0.1) is 0 Å². The van der Waals surface area contributed by atoms with Gasteiger partial charge in [0.05, 0.1) is 17.8 Å². The Labute approximate surface area is 144 Å². The summed E-state index contributed by atoms with van der Waals surface area (Å²) in [5.74, 6) is 0.172. The summed E-state index contributed by atoms with van der Waals surface area (Å²) in [6.07, 6.45) is 2.33. The summed E-state index contributed by atoms with van der Waals surface area (Å²) in [7, 11) is 0. The van der Waals surface area contributed by atoms with Crippen molar-refractivity contribution in [3.05, 3.63) is 66.0 Å². The molecule has 0 saturated carbocycles. The number of benzene rings is 1. The van der Waals surface area contributed by atoms with E-state index < -0.39 is 0 Å². The van der Waals surface area contributed by atoms with Gasteiger partial charge in [0.15, 0.2) is 6.10 Å². The van der Waals surface area contributed by atoms with Crippen LogP contribution in [0.3, 0.4) is 0 Å². The lowest BCUT2D eigenvalue weighted by Gasteiger charge is -2.07. The predicted molar refractivity (Wildman–Crippen MR) is 93.3 cm³/mol. The fourth-order valence-corrected chi connectivity index (χ4v) is 2.66. The number of hydrogen-bond acceptors (Lipinski definition) is 6. The summed E-state index contributed by atoms with van der Waals surface area (Å²) < 4.78 is 0. The van der Waals surface area contributed by atoms with Crippen molar-refractivity contribution in [2.75, 3.05) is 0 Å². The van der Waals surface area contributed by atoms with E-state index in [1.165, 1.54) is 0 Å². The molecule has 2 aliphatic heterocycles. The molecule has 0 aliphatic carbocycles. The monoisotopic (exact) mass is 333 g/mol. The van der Waals surface area contributed by atoms with Crippen molar-refractivity contribution in [1.82, 2.24) is 10.3 Å². The average molecular weight is 333 g/mol. The lowest BCUT2D eigenvalue weighted by molar-refractivity contribution is -0.113. The van der Waals surface area contributed by atoms with Crippen LogP contribution < -0.4 is 5.32 Å². The SMILES string of the molecule is O=C(NC1=NN=C(c2ccccn2)C1)C1=NOC(c2ccccc2)C1. The number of pyridine rings is 1. The number of amides is 1. The highest BCUT2D eigenvalue weighted by Gasteiger charge is 2.28. The maximum atomic E-state index is 12.4. The summed E-state index contributed by atoms with van der Waals surface area (Å²) in [6, 6.07) is 15.3. The normalized spacial score (nSPS) is 18.9. The highest BCUT2D eigenvalue weighted by Crippen LogP contribution is 2.26. The van der Waals surface area contributed by atoms with Gasteiger partial charge in [-0.1, -0.05) is 41.6 Å². The maximum Gasteiger partial charge on any atom is 0.274 e. The quantitative estimate of drug-likeness (QED) is 0.934. The molecule has 25 heavy (non-hydrogen) atoms. The van der Waals surface area contributed by atoms with Crippen LogP contribution in [-0.4, -0.2) is 28.2 Å². The molecule has 2 aromatic rings. The number of rotatable bonds is 3. The van der Waals surface area contributed by atoms with Crippen molar-refractivity contribution in [2.45, 2.75) is 18.9 Å². The third-order valence-electron chi connectivity index (χ3n) is 3.95. The van der Waals surface area contributed by atoms with Crippen LogP contribution in [0.25, 0.3) is 0 Å². The molecule has 1 N–H and O–H groups in total. The van der Waals surface area contributed by atoms with Crippen LogP contribution in [0.4, 0.5) is 0 Å². The van der Waals surface area contributed by atoms with E-state index in [1.54, 1.807) is 6.20 Å². The van der Waals surface area contributed by atoms with E-state index in [1.807, 2.05) is 48.5 Å². The zero-order valence-corrected chi connectivity index (χ0v) is 13.3. The lowest BCUT2D eigenvalue weighted by Crippen LogP contribution is -2.35. The average Bonchev–Trinajstić information content (AvgIpc) is 3.33. The first kappa shape index (κ1) is 15.2. The Morgan fingerprint density at radius 2 is 1.92 bits per heavy atom. The Balaban J connectivity index is 1.33. The third-order valence-corrected chi connectivity index (χ3v) is 3.95. The molecule has 7 heteroatoms. The summed E-state index contributed by atoms with van der Waals surface area (Å²) in [6.45, 7) is 0. The maximum absolute atomic E-state index is 12.4. The molecular formula is C18H15N5O2. The molecule has 124 valence electrons. The molecule has 0 saturated heterocycles. The number of carbonyl (C=O) groups excluding carboxylic acids is 1. The van der Waals surface area contributed by atoms with Crippen molar-refractivity contribution >= 4 is 23.2 Å². The van der Waals surface area contributed by atoms with Crippen LogP contribution in [-0.2, 0) is 9.63 Å². The van der Waals surface area contributed by atoms with E-state index in [9.17, 15) is 4.79 Å². The van der Waals surface area contributed by atoms with Gasteiger partial charge in [0.25, 0.3) is 5.91 Å². The summed E-state index contributed by atoms with van der Waals surface area (Å²) >= 11 is 0. The summed E-state index contributed by atoms with van der Waals surface area (Å²) in [5.41, 5.74) is 2.82. The standard InChI is InChI=1S/C18H15N5O2/c24-18(15-10-16(25-23-15)12-6-2-1-3-7-12)20-17-11-14(21-22-17)13-8-4-5-9-19-13/h1-9,16H,10-11H2,(H,20,22,24). The number of oxime groups is 1. The van der Waals surface area contributed by atoms with E-state index in [4.69, 9.17) is 4.84 Å². The molecular weight excluding hydrogens is 318 g/mol. The van der Waals surface area contributed by atoms with Gasteiger partial charge in [-0.3, -0.25) is 9.78 Å². The van der Waals surface area contributed by atoms with Crippen LogP contribution in [0.1, 0.15) is 30.2 Å². The van der Waals surface area contributed by atoms with Crippen LogP contribution in [0.5, 0.6) is 0 Å². The van der Waals surface area contributed by atoms with Gasteiger partial charge in [0.1, 0.15) is 11.5 Å². The second-order valence-electron chi connectivity index (χ2n) is 5.69. The Kier molecular flexibility index (Phi) is 4.04. The lowest BCUT2D eigenvalue weighted by atomic mass is 10.0. The Bertz CT molecular complexity index is 875. The fourth-order valence-electron chi connectivity index (χ4n) is 2.66. The third kappa shape index (κ3) is 3.30. The number of amidine groups is 1. The number of carbonyl (C=O) groups is 1. The smallest absolute Gasteiger partial charge is 0.274 e. The Morgan fingerprint density at radius 3 is 2.72 bits per heavy atom. The van der Waals surface area contributed by atoms with Crippen molar-refractivity contribution in [2.24, 2.45) is 15.4 Å². The molecule has 1 aromatic heterocycles. The van der Waals surface area contributed by atoms with Gasteiger partial charge >= 0.3 is 0 Å². The van der Waals surface area contributed by atoms with Crippen molar-refractivity contribution in [3.63, 3.8) is 0 Å². The highest BCUT2D eigenvalue weighted by molar-refractivity contribution is 6.42. The minimum atomic E-state index is -0.311. The number of hydrogen-bond donors (Lipinski definition) is 1. The zero-order chi connectivity index (χ0) is 17.1. The van der Waals surface area contributed by atoms with E-state index in [-0.39, 0.29) is 12.0 Å². The van der Waals surface area contributed by atoms with Gasteiger partial charge in [-0.05, 0) is 17.7 Å². The van der Waals surface area contributed by atoms with E-state index in [2.05, 4.69) is 25.7 Å². The minimum absolute atomic E-state index is 0.229. The van der Waals surface area contributed by atoms with Crippen LogP contribution in [0.15, 0.2) is 70.1 Å². The van der Waals surface area contributed by atoms with E-state index in [0.29, 0.717) is 24.4 Å². The molecule has 2 aliphatic rings. The molecule has 3 heterocycles. The van der Waals surface area contributed by atoms with Gasteiger partial charge < -0.3 is 10.2 Å². The van der Waals surface area contributed by atoms with Gasteiger partial charge in [0.2, 0.25) is 0 Å². The first-order chi connectivity index (χ1) is 12.3. The van der Waals surface area contributed by atoms with E-state index >= 15 is 0 Å². The Hall–Kier alpha value is -3.35.